The maximum absolute atomic E-state index is 12.9. The van der Waals surface area contributed by atoms with E-state index in [-0.39, 0.29) is 22.1 Å². The molecule has 0 bridgehead atoms. The zero-order valence-corrected chi connectivity index (χ0v) is 18.0. The summed E-state index contributed by atoms with van der Waals surface area (Å²) >= 11 is 0. The van der Waals surface area contributed by atoms with Gasteiger partial charge in [-0.1, -0.05) is 19.1 Å². The van der Waals surface area contributed by atoms with Crippen molar-refractivity contribution in [2.75, 3.05) is 16.6 Å². The molecule has 1 aliphatic rings. The molecule has 8 heteroatoms. The van der Waals surface area contributed by atoms with Gasteiger partial charge in [-0.05, 0) is 67.4 Å². The molecule has 0 atom stereocenters. The molecule has 160 valence electrons. The maximum Gasteiger partial charge on any atom is 0.261 e. The van der Waals surface area contributed by atoms with Crippen LogP contribution in [0.15, 0.2) is 65.6 Å². The van der Waals surface area contributed by atoms with Gasteiger partial charge in [0.15, 0.2) is 5.75 Å². The monoisotopic (exact) mass is 438 g/mol. The highest BCUT2D eigenvalue weighted by molar-refractivity contribution is 7.92. The van der Waals surface area contributed by atoms with Gasteiger partial charge < -0.3 is 14.8 Å². The van der Waals surface area contributed by atoms with Gasteiger partial charge in [0, 0.05) is 5.69 Å². The number of rotatable bonds is 6. The number of carbonyl (C=O) groups excluding carboxylic acids is 1. The van der Waals surface area contributed by atoms with Gasteiger partial charge >= 0.3 is 0 Å². The summed E-state index contributed by atoms with van der Waals surface area (Å²) in [7, 11) is -3.86. The number of carbonyl (C=O) groups is 1. The van der Waals surface area contributed by atoms with Crippen molar-refractivity contribution in [3.8, 4) is 17.2 Å². The standard InChI is InChI=1S/C23H22N2O5S/c1-3-12-29-20-11-9-17(13-15(20)2)31(27,28)25-16-8-10-21-18(14-16)23(26)24-19-6-4-5-7-22(19)30-21/h4-11,13-14,25H,3,12H2,1-2H3,(H,24,26). The van der Waals surface area contributed by atoms with Crippen LogP contribution in [0.4, 0.5) is 11.4 Å². The molecule has 2 N–H and O–H groups in total. The molecule has 3 aromatic rings. The van der Waals surface area contributed by atoms with Gasteiger partial charge in [-0.25, -0.2) is 8.42 Å². The summed E-state index contributed by atoms with van der Waals surface area (Å²) in [6.07, 6.45) is 0.863. The minimum absolute atomic E-state index is 0.108. The van der Waals surface area contributed by atoms with E-state index in [4.69, 9.17) is 9.47 Å². The van der Waals surface area contributed by atoms with E-state index in [1.165, 1.54) is 12.1 Å². The van der Waals surface area contributed by atoms with Crippen LogP contribution in [0.2, 0.25) is 0 Å². The number of amides is 1. The maximum atomic E-state index is 12.9. The van der Waals surface area contributed by atoms with Gasteiger partial charge in [0.05, 0.1) is 22.8 Å². The van der Waals surface area contributed by atoms with E-state index in [0.717, 1.165) is 12.0 Å². The Labute approximate surface area is 181 Å². The molecule has 0 radical (unpaired) electrons. The number of hydrogen-bond acceptors (Lipinski definition) is 5. The van der Waals surface area contributed by atoms with Crippen LogP contribution < -0.4 is 19.5 Å². The fourth-order valence-electron chi connectivity index (χ4n) is 3.20. The summed E-state index contributed by atoms with van der Waals surface area (Å²) < 4.78 is 39.8. The van der Waals surface area contributed by atoms with Crippen molar-refractivity contribution in [2.24, 2.45) is 0 Å². The molecule has 1 aliphatic heterocycles. The van der Waals surface area contributed by atoms with Crippen molar-refractivity contribution in [1.82, 2.24) is 0 Å². The molecule has 0 aromatic heterocycles. The van der Waals surface area contributed by atoms with Crippen LogP contribution in [-0.2, 0) is 10.0 Å². The Kier molecular flexibility index (Phi) is 5.56. The van der Waals surface area contributed by atoms with Crippen LogP contribution in [0.3, 0.4) is 0 Å². The predicted molar refractivity (Wildman–Crippen MR) is 119 cm³/mol. The molecule has 7 nitrogen and oxygen atoms in total. The van der Waals surface area contributed by atoms with Gasteiger partial charge in [-0.3, -0.25) is 9.52 Å². The third kappa shape index (κ3) is 4.34. The Morgan fingerprint density at radius 2 is 1.84 bits per heavy atom. The van der Waals surface area contributed by atoms with E-state index in [0.29, 0.717) is 29.5 Å². The van der Waals surface area contributed by atoms with Crippen LogP contribution in [0.5, 0.6) is 17.2 Å². The highest BCUT2D eigenvalue weighted by Gasteiger charge is 2.22. The Morgan fingerprint density at radius 3 is 2.61 bits per heavy atom. The van der Waals surface area contributed by atoms with E-state index in [9.17, 15) is 13.2 Å². The van der Waals surface area contributed by atoms with Crippen molar-refractivity contribution in [2.45, 2.75) is 25.2 Å². The average molecular weight is 439 g/mol. The SMILES string of the molecule is CCCOc1ccc(S(=O)(=O)Nc2ccc3c(c2)C(=O)Nc2ccccc2O3)cc1C. The summed E-state index contributed by atoms with van der Waals surface area (Å²) in [5.41, 5.74) is 1.76. The lowest BCUT2D eigenvalue weighted by molar-refractivity contribution is 0.102. The Bertz CT molecular complexity index is 1250. The quantitative estimate of drug-likeness (QED) is 0.568. The van der Waals surface area contributed by atoms with E-state index in [1.54, 1.807) is 55.5 Å². The lowest BCUT2D eigenvalue weighted by Gasteiger charge is -2.13. The number of fused-ring (bicyclic) bond motifs is 2. The number of sulfonamides is 1. The molecule has 1 amide bonds. The number of anilines is 2. The molecule has 0 fully saturated rings. The first-order chi connectivity index (χ1) is 14.9. The molecule has 0 saturated heterocycles. The molecule has 0 aliphatic carbocycles. The Morgan fingerprint density at radius 1 is 1.03 bits per heavy atom. The fourth-order valence-corrected chi connectivity index (χ4v) is 4.34. The predicted octanol–water partition coefficient (Wildman–Crippen LogP) is 4.94. The van der Waals surface area contributed by atoms with Crippen LogP contribution in [-0.4, -0.2) is 20.9 Å². The molecule has 3 aromatic carbocycles. The second kappa shape index (κ2) is 8.31. The zero-order valence-electron chi connectivity index (χ0n) is 17.1. The van der Waals surface area contributed by atoms with Gasteiger partial charge in [0.2, 0.25) is 0 Å². The number of aryl methyl sites for hydroxylation is 1. The first-order valence-corrected chi connectivity index (χ1v) is 11.3. The van der Waals surface area contributed by atoms with Crippen molar-refractivity contribution < 1.29 is 22.7 Å². The third-order valence-corrected chi connectivity index (χ3v) is 6.13. The summed E-state index contributed by atoms with van der Waals surface area (Å²) in [4.78, 5) is 12.8. The molecule has 0 spiro atoms. The number of ether oxygens (including phenoxy) is 2. The first-order valence-electron chi connectivity index (χ1n) is 9.86. The molecular weight excluding hydrogens is 416 g/mol. The molecule has 0 unspecified atom stereocenters. The minimum Gasteiger partial charge on any atom is -0.493 e. The molecular formula is C23H22N2O5S. The van der Waals surface area contributed by atoms with Gasteiger partial charge in [-0.15, -0.1) is 0 Å². The van der Waals surface area contributed by atoms with Crippen molar-refractivity contribution in [3.05, 3.63) is 71.8 Å². The summed E-state index contributed by atoms with van der Waals surface area (Å²) in [5.74, 6) is 1.14. The molecule has 0 saturated carbocycles. The first kappa shape index (κ1) is 20.7. The minimum atomic E-state index is -3.86. The van der Waals surface area contributed by atoms with Crippen LogP contribution >= 0.6 is 0 Å². The smallest absolute Gasteiger partial charge is 0.261 e. The van der Waals surface area contributed by atoms with Gasteiger partial charge in [0.25, 0.3) is 15.9 Å². The number of nitrogens with one attached hydrogen (secondary N) is 2. The largest absolute Gasteiger partial charge is 0.493 e. The molecule has 31 heavy (non-hydrogen) atoms. The number of benzene rings is 3. The summed E-state index contributed by atoms with van der Waals surface area (Å²) in [6, 6.07) is 16.4. The highest BCUT2D eigenvalue weighted by atomic mass is 32.2. The Hall–Kier alpha value is -3.52. The number of hydrogen-bond donors (Lipinski definition) is 2. The summed E-state index contributed by atoms with van der Waals surface area (Å²) in [6.45, 7) is 4.36. The van der Waals surface area contributed by atoms with Gasteiger partial charge in [-0.2, -0.15) is 0 Å². The lowest BCUT2D eigenvalue weighted by atomic mass is 10.1. The van der Waals surface area contributed by atoms with E-state index in [1.807, 2.05) is 6.92 Å². The zero-order chi connectivity index (χ0) is 22.0. The van der Waals surface area contributed by atoms with E-state index >= 15 is 0 Å². The van der Waals surface area contributed by atoms with E-state index in [2.05, 4.69) is 10.0 Å². The lowest BCUT2D eigenvalue weighted by Crippen LogP contribution is -2.15. The number of para-hydroxylation sites is 2. The topological polar surface area (TPSA) is 93.7 Å². The second-order valence-corrected chi connectivity index (χ2v) is 8.83. The van der Waals surface area contributed by atoms with Gasteiger partial charge in [0.1, 0.15) is 11.5 Å². The summed E-state index contributed by atoms with van der Waals surface area (Å²) in [5, 5.41) is 2.78. The third-order valence-electron chi connectivity index (χ3n) is 4.75. The van der Waals surface area contributed by atoms with Crippen molar-refractivity contribution in [3.63, 3.8) is 0 Å². The molecule has 1 heterocycles. The fraction of sp³-hybridized carbons (Fsp3) is 0.174. The van der Waals surface area contributed by atoms with E-state index < -0.39 is 10.0 Å². The average Bonchev–Trinajstić information content (AvgIpc) is 2.88. The van der Waals surface area contributed by atoms with Crippen molar-refractivity contribution in [1.29, 1.82) is 0 Å². The highest BCUT2D eigenvalue weighted by Crippen LogP contribution is 2.36. The molecule has 4 rings (SSSR count). The second-order valence-electron chi connectivity index (χ2n) is 7.14. The van der Waals surface area contributed by atoms with Crippen molar-refractivity contribution >= 4 is 27.3 Å². The Balaban J connectivity index is 1.60. The van der Waals surface area contributed by atoms with Crippen LogP contribution in [0.1, 0.15) is 29.3 Å². The van der Waals surface area contributed by atoms with Crippen LogP contribution in [0, 0.1) is 6.92 Å². The van der Waals surface area contributed by atoms with Crippen LogP contribution in [0.25, 0.3) is 0 Å². The normalized spacial score (nSPS) is 12.6.